The molecule has 150 valence electrons. The van der Waals surface area contributed by atoms with E-state index in [0.717, 1.165) is 33.5 Å². The van der Waals surface area contributed by atoms with E-state index in [1.165, 1.54) is 0 Å². The lowest BCUT2D eigenvalue weighted by Crippen LogP contribution is -2.29. The van der Waals surface area contributed by atoms with Crippen LogP contribution in [0.1, 0.15) is 23.4 Å². The van der Waals surface area contributed by atoms with E-state index >= 15 is 0 Å². The second kappa shape index (κ2) is 8.14. The molecule has 2 heterocycles. The summed E-state index contributed by atoms with van der Waals surface area (Å²) in [6.07, 6.45) is -3.69. The van der Waals surface area contributed by atoms with Crippen LogP contribution in [0.5, 0.6) is 0 Å². The molecule has 0 bridgehead atoms. The minimum atomic E-state index is -4.36. The first-order chi connectivity index (χ1) is 13.3. The van der Waals surface area contributed by atoms with Crippen LogP contribution >= 0.6 is 0 Å². The van der Waals surface area contributed by atoms with E-state index in [1.54, 1.807) is 4.52 Å². The SMILES string of the molecule is Cc1nc2c3ccccc3nn2c(C)c1CCC(=O)NCCOCC(F)(F)F. The number of aryl methyl sites for hydroxylation is 2. The smallest absolute Gasteiger partial charge is 0.370 e. The van der Waals surface area contributed by atoms with Gasteiger partial charge in [-0.05, 0) is 38.0 Å². The Hall–Kier alpha value is -2.68. The number of nitrogens with one attached hydrogen (secondary N) is 1. The first-order valence-electron chi connectivity index (χ1n) is 8.91. The molecule has 0 aliphatic heterocycles. The van der Waals surface area contributed by atoms with Gasteiger partial charge in [0, 0.05) is 29.7 Å². The van der Waals surface area contributed by atoms with Crippen molar-refractivity contribution in [1.82, 2.24) is 19.9 Å². The molecule has 0 atom stereocenters. The van der Waals surface area contributed by atoms with Crippen LogP contribution in [-0.2, 0) is 16.0 Å². The molecule has 6 nitrogen and oxygen atoms in total. The molecule has 0 radical (unpaired) electrons. The highest BCUT2D eigenvalue weighted by Gasteiger charge is 2.27. The molecule has 3 aromatic rings. The lowest BCUT2D eigenvalue weighted by Gasteiger charge is -2.11. The van der Waals surface area contributed by atoms with Crippen molar-refractivity contribution in [3.05, 3.63) is 41.2 Å². The van der Waals surface area contributed by atoms with Gasteiger partial charge in [0.15, 0.2) is 5.65 Å². The number of carbonyl (C=O) groups is 1. The van der Waals surface area contributed by atoms with Gasteiger partial charge in [0.2, 0.25) is 5.91 Å². The molecule has 0 aliphatic rings. The Labute approximate surface area is 159 Å². The highest BCUT2D eigenvalue weighted by atomic mass is 19.4. The van der Waals surface area contributed by atoms with Crippen LogP contribution in [-0.4, -0.2) is 46.4 Å². The minimum Gasteiger partial charge on any atom is -0.370 e. The van der Waals surface area contributed by atoms with Crippen molar-refractivity contribution < 1.29 is 22.7 Å². The molecule has 28 heavy (non-hydrogen) atoms. The van der Waals surface area contributed by atoms with E-state index in [2.05, 4.69) is 20.1 Å². The largest absolute Gasteiger partial charge is 0.411 e. The van der Waals surface area contributed by atoms with Crippen LogP contribution in [0.25, 0.3) is 16.6 Å². The lowest BCUT2D eigenvalue weighted by molar-refractivity contribution is -0.173. The van der Waals surface area contributed by atoms with Crippen LogP contribution in [0.4, 0.5) is 13.2 Å². The second-order valence-corrected chi connectivity index (χ2v) is 6.53. The molecule has 0 aliphatic carbocycles. The molecular weight excluding hydrogens is 373 g/mol. The predicted octanol–water partition coefficient (Wildman–Crippen LogP) is 3.13. The fraction of sp³-hybridized carbons (Fsp3) is 0.421. The standard InChI is InChI=1S/C19H21F3N4O2/c1-12-14(7-8-17(27)23-9-10-28-11-19(20,21)22)13(2)26-18(24-12)15-5-3-4-6-16(15)25-26/h3-6H,7-11H2,1-2H3,(H,23,27). The zero-order valence-electron chi connectivity index (χ0n) is 15.6. The summed E-state index contributed by atoms with van der Waals surface area (Å²) in [7, 11) is 0. The summed E-state index contributed by atoms with van der Waals surface area (Å²) in [4.78, 5) is 16.6. The Morgan fingerprint density at radius 3 is 2.75 bits per heavy atom. The second-order valence-electron chi connectivity index (χ2n) is 6.53. The number of alkyl halides is 3. The number of fused-ring (bicyclic) bond motifs is 3. The topological polar surface area (TPSA) is 68.5 Å². The average molecular weight is 394 g/mol. The van der Waals surface area contributed by atoms with Crippen LogP contribution in [0, 0.1) is 13.8 Å². The molecule has 0 unspecified atom stereocenters. The number of ether oxygens (including phenoxy) is 1. The zero-order chi connectivity index (χ0) is 20.3. The normalized spacial score (nSPS) is 12.0. The number of aromatic nitrogens is 3. The Kier molecular flexibility index (Phi) is 5.83. The maximum absolute atomic E-state index is 12.0. The highest BCUT2D eigenvalue weighted by Crippen LogP contribution is 2.22. The third kappa shape index (κ3) is 4.59. The first-order valence-corrected chi connectivity index (χ1v) is 8.91. The van der Waals surface area contributed by atoms with E-state index < -0.39 is 12.8 Å². The van der Waals surface area contributed by atoms with Crippen molar-refractivity contribution in [2.45, 2.75) is 32.9 Å². The molecular formula is C19H21F3N4O2. The maximum Gasteiger partial charge on any atom is 0.411 e. The number of hydrogen-bond acceptors (Lipinski definition) is 4. The number of carbonyl (C=O) groups excluding carboxylic acids is 1. The van der Waals surface area contributed by atoms with Crippen LogP contribution < -0.4 is 5.32 Å². The van der Waals surface area contributed by atoms with Gasteiger partial charge in [-0.25, -0.2) is 9.50 Å². The van der Waals surface area contributed by atoms with Gasteiger partial charge >= 0.3 is 6.18 Å². The van der Waals surface area contributed by atoms with Crippen molar-refractivity contribution in [2.24, 2.45) is 0 Å². The number of nitrogens with zero attached hydrogens (tertiary/aromatic N) is 3. The molecule has 3 rings (SSSR count). The molecule has 9 heteroatoms. The van der Waals surface area contributed by atoms with E-state index in [0.29, 0.717) is 6.42 Å². The fourth-order valence-electron chi connectivity index (χ4n) is 3.12. The number of rotatable bonds is 7. The van der Waals surface area contributed by atoms with Gasteiger partial charge in [-0.15, -0.1) is 0 Å². The molecule has 1 N–H and O–H groups in total. The molecule has 1 amide bonds. The van der Waals surface area contributed by atoms with Gasteiger partial charge in [-0.1, -0.05) is 12.1 Å². The molecule has 0 spiro atoms. The number of hydrogen-bond donors (Lipinski definition) is 1. The summed E-state index contributed by atoms with van der Waals surface area (Å²) in [5, 5.41) is 8.11. The monoisotopic (exact) mass is 394 g/mol. The van der Waals surface area contributed by atoms with Crippen LogP contribution in [0.2, 0.25) is 0 Å². The molecule has 0 fully saturated rings. The summed E-state index contributed by atoms with van der Waals surface area (Å²) in [6, 6.07) is 7.75. The Morgan fingerprint density at radius 2 is 2.00 bits per heavy atom. The van der Waals surface area contributed by atoms with Crippen molar-refractivity contribution in [1.29, 1.82) is 0 Å². The third-order valence-corrected chi connectivity index (χ3v) is 4.45. The van der Waals surface area contributed by atoms with E-state index in [1.807, 2.05) is 38.1 Å². The van der Waals surface area contributed by atoms with E-state index in [9.17, 15) is 18.0 Å². The van der Waals surface area contributed by atoms with E-state index in [-0.39, 0.29) is 25.5 Å². The van der Waals surface area contributed by atoms with Gasteiger partial charge < -0.3 is 10.1 Å². The Morgan fingerprint density at radius 1 is 1.25 bits per heavy atom. The molecule has 2 aromatic heterocycles. The molecule has 0 saturated carbocycles. The minimum absolute atomic E-state index is 0.0364. The summed E-state index contributed by atoms with van der Waals surface area (Å²) in [6.45, 7) is 2.37. The van der Waals surface area contributed by atoms with Gasteiger partial charge in [0.1, 0.15) is 6.61 Å². The van der Waals surface area contributed by atoms with Gasteiger partial charge in [0.25, 0.3) is 0 Å². The third-order valence-electron chi connectivity index (χ3n) is 4.45. The number of amides is 1. The number of halogens is 3. The highest BCUT2D eigenvalue weighted by molar-refractivity contribution is 5.92. The zero-order valence-corrected chi connectivity index (χ0v) is 15.6. The summed E-state index contributed by atoms with van der Waals surface area (Å²) in [5.41, 5.74) is 4.31. The van der Waals surface area contributed by atoms with Gasteiger partial charge in [-0.3, -0.25) is 4.79 Å². The van der Waals surface area contributed by atoms with Crippen molar-refractivity contribution in [3.8, 4) is 0 Å². The Bertz CT molecular complexity index is 998. The molecule has 0 saturated heterocycles. The fourth-order valence-corrected chi connectivity index (χ4v) is 3.12. The summed E-state index contributed by atoms with van der Waals surface area (Å²) < 4.78 is 42.2. The summed E-state index contributed by atoms with van der Waals surface area (Å²) >= 11 is 0. The van der Waals surface area contributed by atoms with Gasteiger partial charge in [-0.2, -0.15) is 18.3 Å². The first kappa shape index (κ1) is 20.1. The quantitative estimate of drug-likeness (QED) is 0.625. The van der Waals surface area contributed by atoms with Crippen LogP contribution in [0.15, 0.2) is 24.3 Å². The van der Waals surface area contributed by atoms with Crippen LogP contribution in [0.3, 0.4) is 0 Å². The lowest BCUT2D eigenvalue weighted by atomic mass is 10.1. The summed E-state index contributed by atoms with van der Waals surface area (Å²) in [5.74, 6) is -0.250. The van der Waals surface area contributed by atoms with Crippen molar-refractivity contribution >= 4 is 22.5 Å². The predicted molar refractivity (Wildman–Crippen MR) is 98.2 cm³/mol. The number of benzene rings is 1. The average Bonchev–Trinajstić information content (AvgIpc) is 2.99. The maximum atomic E-state index is 12.0. The molecule has 1 aromatic carbocycles. The van der Waals surface area contributed by atoms with Crippen molar-refractivity contribution in [3.63, 3.8) is 0 Å². The van der Waals surface area contributed by atoms with Crippen molar-refractivity contribution in [2.75, 3.05) is 19.8 Å². The van der Waals surface area contributed by atoms with E-state index in [4.69, 9.17) is 0 Å². The Balaban J connectivity index is 1.61. The van der Waals surface area contributed by atoms with Gasteiger partial charge in [0.05, 0.1) is 12.1 Å².